The van der Waals surface area contributed by atoms with Crippen LogP contribution < -0.4 is 5.32 Å². The molecule has 0 bridgehead atoms. The Balaban J connectivity index is 2.06. The Morgan fingerprint density at radius 1 is 1.38 bits per heavy atom. The fourth-order valence-corrected chi connectivity index (χ4v) is 2.51. The van der Waals surface area contributed by atoms with Crippen molar-refractivity contribution in [3.63, 3.8) is 0 Å². The predicted octanol–water partition coefficient (Wildman–Crippen LogP) is 2.87. The predicted molar refractivity (Wildman–Crippen MR) is 84.5 cm³/mol. The smallest absolute Gasteiger partial charge is 0.272 e. The number of nitrogens with zero attached hydrogens (tertiary/aromatic N) is 3. The van der Waals surface area contributed by atoms with Crippen molar-refractivity contribution in [2.75, 3.05) is 25.0 Å². The molecule has 2 heterocycles. The lowest BCUT2D eigenvalue weighted by molar-refractivity contribution is 0.0691. The van der Waals surface area contributed by atoms with Crippen molar-refractivity contribution < 1.29 is 4.79 Å². The Morgan fingerprint density at radius 2 is 2.10 bits per heavy atom. The van der Waals surface area contributed by atoms with Crippen molar-refractivity contribution in [3.05, 3.63) is 17.5 Å². The maximum absolute atomic E-state index is 12.5. The number of aromatic nitrogens is 2. The molecule has 1 aromatic rings. The molecule has 1 fully saturated rings. The van der Waals surface area contributed by atoms with Crippen LogP contribution in [0.25, 0.3) is 0 Å². The van der Waals surface area contributed by atoms with E-state index in [0.717, 1.165) is 51.0 Å². The van der Waals surface area contributed by atoms with Gasteiger partial charge in [0.05, 0.1) is 0 Å². The van der Waals surface area contributed by atoms with Crippen LogP contribution in [-0.2, 0) is 0 Å². The summed E-state index contributed by atoms with van der Waals surface area (Å²) in [5, 5.41) is 3.20. The summed E-state index contributed by atoms with van der Waals surface area (Å²) in [5.41, 5.74) is 1.34. The van der Waals surface area contributed by atoms with Crippen molar-refractivity contribution in [1.82, 2.24) is 14.9 Å². The number of carbonyl (C=O) groups excluding carboxylic acids is 1. The summed E-state index contributed by atoms with van der Waals surface area (Å²) >= 11 is 0. The van der Waals surface area contributed by atoms with Crippen molar-refractivity contribution in [3.8, 4) is 0 Å². The highest BCUT2D eigenvalue weighted by Gasteiger charge is 2.22. The van der Waals surface area contributed by atoms with Gasteiger partial charge in [0, 0.05) is 25.3 Å². The molecule has 5 nitrogen and oxygen atoms in total. The fraction of sp³-hybridized carbons (Fsp3) is 0.688. The van der Waals surface area contributed by atoms with Crippen molar-refractivity contribution in [2.24, 2.45) is 5.92 Å². The Hall–Kier alpha value is -1.65. The van der Waals surface area contributed by atoms with Gasteiger partial charge in [-0.05, 0) is 38.2 Å². The highest BCUT2D eigenvalue weighted by atomic mass is 16.2. The lowest BCUT2D eigenvalue weighted by Gasteiger charge is -2.30. The number of carbonyl (C=O) groups is 1. The molecule has 1 saturated heterocycles. The first kappa shape index (κ1) is 15.7. The molecule has 1 aromatic heterocycles. The van der Waals surface area contributed by atoms with E-state index in [-0.39, 0.29) is 5.91 Å². The van der Waals surface area contributed by atoms with E-state index in [1.165, 1.54) is 0 Å². The molecular formula is C16H26N4O. The second-order valence-corrected chi connectivity index (χ2v) is 5.97. The average molecular weight is 290 g/mol. The van der Waals surface area contributed by atoms with E-state index in [4.69, 9.17) is 0 Å². The third kappa shape index (κ3) is 4.41. The Kier molecular flexibility index (Phi) is 5.53. The number of nitrogens with one attached hydrogen (secondary N) is 1. The number of amides is 1. The van der Waals surface area contributed by atoms with Gasteiger partial charge >= 0.3 is 0 Å². The van der Waals surface area contributed by atoms with Crippen LogP contribution in [0.1, 0.15) is 55.7 Å². The summed E-state index contributed by atoms with van der Waals surface area (Å²) in [7, 11) is 0. The first-order valence-electron chi connectivity index (χ1n) is 7.99. The molecule has 0 aromatic carbocycles. The van der Waals surface area contributed by atoms with Crippen LogP contribution in [0.5, 0.6) is 0 Å². The molecule has 0 aliphatic carbocycles. The third-order valence-electron chi connectivity index (χ3n) is 3.96. The molecule has 0 saturated carbocycles. The molecule has 0 spiro atoms. The van der Waals surface area contributed by atoms with Crippen LogP contribution in [0.15, 0.2) is 6.07 Å². The molecule has 1 N–H and O–H groups in total. The second-order valence-electron chi connectivity index (χ2n) is 5.97. The quantitative estimate of drug-likeness (QED) is 0.847. The molecule has 0 radical (unpaired) electrons. The van der Waals surface area contributed by atoms with E-state index in [1.807, 2.05) is 11.8 Å². The summed E-state index contributed by atoms with van der Waals surface area (Å²) in [5.74, 6) is 1.32. The van der Waals surface area contributed by atoms with Gasteiger partial charge in [-0.2, -0.15) is 0 Å². The zero-order valence-electron chi connectivity index (χ0n) is 13.4. The maximum Gasteiger partial charge on any atom is 0.272 e. The van der Waals surface area contributed by atoms with Gasteiger partial charge in [-0.25, -0.2) is 9.97 Å². The van der Waals surface area contributed by atoms with E-state index in [9.17, 15) is 4.79 Å². The molecule has 1 aliphatic rings. The normalized spacial score (nSPS) is 16.0. The summed E-state index contributed by atoms with van der Waals surface area (Å²) in [6, 6.07) is 1.78. The van der Waals surface area contributed by atoms with Crippen LogP contribution in [0, 0.1) is 12.8 Å². The number of aryl methyl sites for hydroxylation is 1. The number of rotatable bonds is 5. The minimum Gasteiger partial charge on any atom is -0.354 e. The van der Waals surface area contributed by atoms with Crippen LogP contribution in [0.2, 0.25) is 0 Å². The fourth-order valence-electron chi connectivity index (χ4n) is 2.51. The highest BCUT2D eigenvalue weighted by Crippen LogP contribution is 2.18. The summed E-state index contributed by atoms with van der Waals surface area (Å²) in [4.78, 5) is 23.2. The van der Waals surface area contributed by atoms with Gasteiger partial charge in [0.1, 0.15) is 5.69 Å². The van der Waals surface area contributed by atoms with Gasteiger partial charge in [-0.15, -0.1) is 0 Å². The molecule has 5 heteroatoms. The van der Waals surface area contributed by atoms with Gasteiger partial charge < -0.3 is 10.2 Å². The van der Waals surface area contributed by atoms with Crippen LogP contribution in [-0.4, -0.2) is 40.4 Å². The number of anilines is 1. The first-order chi connectivity index (χ1) is 10.1. The number of unbranched alkanes of at least 4 members (excludes halogenated alkanes) is 1. The largest absolute Gasteiger partial charge is 0.354 e. The molecule has 116 valence electrons. The number of hydrogen-bond donors (Lipinski definition) is 1. The van der Waals surface area contributed by atoms with Gasteiger partial charge in [0.25, 0.3) is 5.91 Å². The van der Waals surface area contributed by atoms with Crippen LogP contribution >= 0.6 is 0 Å². The van der Waals surface area contributed by atoms with Crippen molar-refractivity contribution in [1.29, 1.82) is 0 Å². The lowest BCUT2D eigenvalue weighted by Crippen LogP contribution is -2.38. The molecule has 0 unspecified atom stereocenters. The zero-order valence-corrected chi connectivity index (χ0v) is 13.4. The minimum atomic E-state index is 0.0333. The van der Waals surface area contributed by atoms with Gasteiger partial charge in [0.15, 0.2) is 0 Å². The second kappa shape index (κ2) is 7.38. The molecule has 21 heavy (non-hydrogen) atoms. The average Bonchev–Trinajstić information content (AvgIpc) is 2.47. The topological polar surface area (TPSA) is 58.1 Å². The Morgan fingerprint density at radius 3 is 2.76 bits per heavy atom. The molecule has 1 aliphatic heterocycles. The van der Waals surface area contributed by atoms with E-state index in [1.54, 1.807) is 6.07 Å². The lowest BCUT2D eigenvalue weighted by atomic mass is 9.99. The highest BCUT2D eigenvalue weighted by molar-refractivity contribution is 5.92. The summed E-state index contributed by atoms with van der Waals surface area (Å²) < 4.78 is 0. The number of likely N-dealkylation sites (tertiary alicyclic amines) is 1. The van der Waals surface area contributed by atoms with Crippen LogP contribution in [0.4, 0.5) is 5.95 Å². The van der Waals surface area contributed by atoms with Gasteiger partial charge in [-0.1, -0.05) is 20.3 Å². The molecule has 2 rings (SSSR count). The van der Waals surface area contributed by atoms with E-state index in [0.29, 0.717) is 17.6 Å². The van der Waals surface area contributed by atoms with E-state index < -0.39 is 0 Å². The van der Waals surface area contributed by atoms with Gasteiger partial charge in [0.2, 0.25) is 5.95 Å². The van der Waals surface area contributed by atoms with E-state index >= 15 is 0 Å². The third-order valence-corrected chi connectivity index (χ3v) is 3.96. The number of hydrogen-bond acceptors (Lipinski definition) is 4. The van der Waals surface area contributed by atoms with Gasteiger partial charge in [-0.3, -0.25) is 4.79 Å². The maximum atomic E-state index is 12.5. The van der Waals surface area contributed by atoms with Crippen molar-refractivity contribution in [2.45, 2.75) is 46.5 Å². The molecule has 0 atom stereocenters. The van der Waals surface area contributed by atoms with Crippen LogP contribution in [0.3, 0.4) is 0 Å². The Labute approximate surface area is 127 Å². The Bertz CT molecular complexity index is 481. The number of piperidine rings is 1. The monoisotopic (exact) mass is 290 g/mol. The zero-order chi connectivity index (χ0) is 15.2. The SMILES string of the molecule is CCCCNc1nc(C)cc(C(=O)N2CCC(C)CC2)n1. The molecular weight excluding hydrogens is 264 g/mol. The summed E-state index contributed by atoms with van der Waals surface area (Å²) in [6.07, 6.45) is 4.36. The standard InChI is InChI=1S/C16H26N4O/c1-4-5-8-17-16-18-13(3)11-14(19-16)15(21)20-9-6-12(2)7-10-20/h11-12H,4-10H2,1-3H3,(H,17,18,19). The van der Waals surface area contributed by atoms with Crippen molar-refractivity contribution >= 4 is 11.9 Å². The minimum absolute atomic E-state index is 0.0333. The summed E-state index contributed by atoms with van der Waals surface area (Å²) in [6.45, 7) is 8.80. The first-order valence-corrected chi connectivity index (χ1v) is 7.99. The van der Waals surface area contributed by atoms with E-state index in [2.05, 4.69) is 29.1 Å². The molecule has 1 amide bonds.